The highest BCUT2D eigenvalue weighted by Crippen LogP contribution is 2.21. The standard InChI is InChI=1S/C9H7NOS.C8H12N2O4.C6H12O.C4H10.C2H6.2C2H2/c11-7-3-4-10-8(6-7)9-2-1-5-12-9;11-5-9-4-7(12)10-3-1-2-6(10)8(13)14;1-7-6-4-2-3-5-6;1-4(2)3;3*1-2/h1-6H,(H,10,11);5-6H,1-4H2,(H,9,11)(H,13,14);6H,2-5H2,1H3;4H,1-3H3;1-2H3;2*1-2H/t;6-;;;;;/m.0...../s1. The number of terminal acetylenes is 2. The number of aromatic nitrogens is 1. The molecule has 1 saturated carbocycles. The molecule has 0 unspecified atom stereocenters. The van der Waals surface area contributed by atoms with E-state index >= 15 is 0 Å². The van der Waals surface area contributed by atoms with Gasteiger partial charge in [-0.1, -0.05) is 53.5 Å². The van der Waals surface area contributed by atoms with E-state index in [-0.39, 0.29) is 17.9 Å². The minimum absolute atomic E-state index is 0.0390. The third kappa shape index (κ3) is 21.5. The molecular weight excluding hydrogens is 566 g/mol. The molecule has 1 aliphatic heterocycles. The molecule has 9 nitrogen and oxygen atoms in total. The maximum absolute atomic E-state index is 11.4. The van der Waals surface area contributed by atoms with E-state index in [4.69, 9.17) is 9.84 Å². The number of nitrogens with one attached hydrogen (secondary N) is 2. The van der Waals surface area contributed by atoms with Crippen molar-refractivity contribution in [2.45, 2.75) is 85.3 Å². The first-order valence-corrected chi connectivity index (χ1v) is 15.2. The van der Waals surface area contributed by atoms with E-state index in [2.05, 4.69) is 56.8 Å². The van der Waals surface area contributed by atoms with Gasteiger partial charge in [-0.3, -0.25) is 14.4 Å². The van der Waals surface area contributed by atoms with Crippen LogP contribution in [0.1, 0.15) is 73.1 Å². The zero-order valence-electron chi connectivity index (χ0n) is 26.6. The molecule has 2 aliphatic rings. The maximum Gasteiger partial charge on any atom is 0.326 e. The summed E-state index contributed by atoms with van der Waals surface area (Å²) in [5.41, 5.74) is 0.926. The summed E-state index contributed by atoms with van der Waals surface area (Å²) in [5.74, 6) is -0.496. The second-order valence-electron chi connectivity index (χ2n) is 9.37. The Balaban J connectivity index is -0.000000499. The number of carbonyl (C=O) groups is 3. The zero-order chi connectivity index (χ0) is 33.6. The first-order valence-electron chi connectivity index (χ1n) is 14.3. The number of aliphatic carboxylic acids is 1. The predicted molar refractivity (Wildman–Crippen MR) is 178 cm³/mol. The Morgan fingerprint density at radius 2 is 1.70 bits per heavy atom. The molecule has 10 heteroatoms. The molecule has 0 bridgehead atoms. The molecule has 2 amide bonds. The fourth-order valence-electron chi connectivity index (χ4n) is 3.70. The van der Waals surface area contributed by atoms with Gasteiger partial charge >= 0.3 is 5.97 Å². The van der Waals surface area contributed by atoms with Crippen LogP contribution in [-0.4, -0.2) is 65.6 Å². The van der Waals surface area contributed by atoms with Crippen LogP contribution >= 0.6 is 11.3 Å². The van der Waals surface area contributed by atoms with Crippen molar-refractivity contribution in [1.82, 2.24) is 15.2 Å². The van der Waals surface area contributed by atoms with E-state index in [0.717, 1.165) is 16.5 Å². The van der Waals surface area contributed by atoms with Gasteiger partial charge < -0.3 is 25.0 Å². The van der Waals surface area contributed by atoms with Crippen LogP contribution < -0.4 is 10.7 Å². The molecule has 0 aromatic carbocycles. The predicted octanol–water partition coefficient (Wildman–Crippen LogP) is 5.67. The van der Waals surface area contributed by atoms with E-state index < -0.39 is 12.0 Å². The SMILES string of the molecule is C#C.C#C.CC.CC(C)C.COC1CCCC1.O=CNCC(=O)N1CCC[C@H]1C(=O)O.O=c1cc[nH]c(-c2cccs2)c1. The monoisotopic (exact) mass is 617 g/mol. The number of ether oxygens (including phenoxy) is 1. The number of rotatable bonds is 6. The van der Waals surface area contributed by atoms with Crippen molar-refractivity contribution in [3.8, 4) is 36.3 Å². The molecule has 1 aliphatic carbocycles. The van der Waals surface area contributed by atoms with Gasteiger partial charge in [-0.05, 0) is 43.0 Å². The highest BCUT2D eigenvalue weighted by Gasteiger charge is 2.33. The largest absolute Gasteiger partial charge is 0.480 e. The van der Waals surface area contributed by atoms with Crippen molar-refractivity contribution in [2.24, 2.45) is 5.92 Å². The Hall–Kier alpha value is -3.86. The Morgan fingerprint density at radius 3 is 2.12 bits per heavy atom. The summed E-state index contributed by atoms with van der Waals surface area (Å²) in [6.07, 6.45) is 25.2. The Morgan fingerprint density at radius 1 is 1.12 bits per heavy atom. The third-order valence-corrected chi connectivity index (χ3v) is 6.29. The number of likely N-dealkylation sites (tertiary alicyclic amines) is 1. The number of carboxylic acid groups (broad SMARTS) is 1. The van der Waals surface area contributed by atoms with Crippen LogP contribution in [0.4, 0.5) is 0 Å². The normalized spacial score (nSPS) is 14.4. The summed E-state index contributed by atoms with van der Waals surface area (Å²) in [5, 5.41) is 13.0. The Kier molecular flexibility index (Phi) is 30.0. The average Bonchev–Trinajstić information content (AvgIpc) is 3.83. The maximum atomic E-state index is 11.4. The van der Waals surface area contributed by atoms with Gasteiger partial charge in [0.1, 0.15) is 6.04 Å². The number of thiophene rings is 1. The first-order chi connectivity index (χ1) is 20.7. The summed E-state index contributed by atoms with van der Waals surface area (Å²) >= 11 is 1.61. The number of aromatic amines is 1. The van der Waals surface area contributed by atoms with Crippen molar-refractivity contribution in [3.05, 3.63) is 46.1 Å². The molecule has 3 heterocycles. The fraction of sp³-hybridized carbons (Fsp3) is 0.515. The molecule has 240 valence electrons. The number of H-pyrrole nitrogens is 1. The van der Waals surface area contributed by atoms with Gasteiger partial charge in [0.25, 0.3) is 0 Å². The van der Waals surface area contributed by atoms with E-state index in [9.17, 15) is 19.2 Å². The fourth-order valence-corrected chi connectivity index (χ4v) is 4.40. The van der Waals surface area contributed by atoms with Gasteiger partial charge in [-0.2, -0.15) is 0 Å². The van der Waals surface area contributed by atoms with Gasteiger partial charge in [-0.25, -0.2) is 4.79 Å². The topological polar surface area (TPSA) is 129 Å². The quantitative estimate of drug-likeness (QED) is 0.283. The number of hydrogen-bond donors (Lipinski definition) is 3. The van der Waals surface area contributed by atoms with Crippen LogP contribution in [0, 0.1) is 31.6 Å². The molecular formula is C33H51N3O6S. The highest BCUT2D eigenvalue weighted by atomic mass is 32.1. The molecule has 0 spiro atoms. The van der Waals surface area contributed by atoms with E-state index in [1.165, 1.54) is 36.6 Å². The van der Waals surface area contributed by atoms with Gasteiger partial charge in [0.15, 0.2) is 5.43 Å². The second-order valence-corrected chi connectivity index (χ2v) is 10.3. The van der Waals surface area contributed by atoms with E-state index in [0.29, 0.717) is 31.9 Å². The van der Waals surface area contributed by atoms with Crippen LogP contribution in [-0.2, 0) is 19.1 Å². The summed E-state index contributed by atoms with van der Waals surface area (Å²) in [7, 11) is 1.80. The summed E-state index contributed by atoms with van der Waals surface area (Å²) in [6.45, 7) is 10.8. The number of carbonyl (C=O) groups excluding carboxylic acids is 2. The van der Waals surface area contributed by atoms with Crippen molar-refractivity contribution < 1.29 is 24.2 Å². The lowest BCUT2D eigenvalue weighted by molar-refractivity contribution is -0.147. The minimum Gasteiger partial charge on any atom is -0.480 e. The smallest absolute Gasteiger partial charge is 0.326 e. The van der Waals surface area contributed by atoms with Crippen LogP contribution in [0.25, 0.3) is 10.6 Å². The summed E-state index contributed by atoms with van der Waals surface area (Å²) in [4.78, 5) is 48.4. The van der Waals surface area contributed by atoms with Crippen molar-refractivity contribution >= 4 is 29.6 Å². The summed E-state index contributed by atoms with van der Waals surface area (Å²) in [6, 6.07) is 6.33. The van der Waals surface area contributed by atoms with E-state index in [1.54, 1.807) is 30.7 Å². The highest BCUT2D eigenvalue weighted by molar-refractivity contribution is 7.13. The molecule has 3 N–H and O–H groups in total. The summed E-state index contributed by atoms with van der Waals surface area (Å²) < 4.78 is 5.11. The van der Waals surface area contributed by atoms with Crippen molar-refractivity contribution in [2.75, 3.05) is 20.2 Å². The van der Waals surface area contributed by atoms with Crippen LogP contribution in [0.2, 0.25) is 0 Å². The van der Waals surface area contributed by atoms with Gasteiger partial charge in [0, 0.05) is 32.0 Å². The third-order valence-electron chi connectivity index (χ3n) is 5.39. The number of amides is 2. The first kappa shape index (κ1) is 43.6. The average molecular weight is 618 g/mol. The van der Waals surface area contributed by atoms with Crippen LogP contribution in [0.3, 0.4) is 0 Å². The number of methoxy groups -OCH3 is 1. The number of pyridine rings is 1. The van der Waals surface area contributed by atoms with E-state index in [1.807, 2.05) is 31.4 Å². The van der Waals surface area contributed by atoms with Crippen molar-refractivity contribution in [1.29, 1.82) is 0 Å². The minimum atomic E-state index is -0.984. The lowest BCUT2D eigenvalue weighted by Gasteiger charge is -2.20. The molecule has 2 fully saturated rings. The molecule has 2 aromatic rings. The molecule has 4 rings (SSSR count). The molecule has 1 saturated heterocycles. The Bertz CT molecular complexity index is 1050. The lowest BCUT2D eigenvalue weighted by Crippen LogP contribution is -2.44. The Labute approximate surface area is 262 Å². The van der Waals surface area contributed by atoms with Crippen molar-refractivity contribution in [3.63, 3.8) is 0 Å². The molecule has 2 aromatic heterocycles. The van der Waals surface area contributed by atoms with Crippen LogP contribution in [0.5, 0.6) is 0 Å². The second kappa shape index (κ2) is 29.6. The van der Waals surface area contributed by atoms with Crippen LogP contribution in [0.15, 0.2) is 40.6 Å². The van der Waals surface area contributed by atoms with Gasteiger partial charge in [-0.15, -0.1) is 37.0 Å². The van der Waals surface area contributed by atoms with Gasteiger partial charge in [0.2, 0.25) is 12.3 Å². The zero-order valence-corrected chi connectivity index (χ0v) is 27.4. The molecule has 43 heavy (non-hydrogen) atoms. The molecule has 1 atom stereocenters. The number of carboxylic acids is 1. The van der Waals surface area contributed by atoms with Gasteiger partial charge in [0.05, 0.1) is 23.2 Å². The number of hydrogen-bond acceptors (Lipinski definition) is 6. The lowest BCUT2D eigenvalue weighted by atomic mass is 10.2. The number of nitrogens with zero attached hydrogens (tertiary/aromatic N) is 1. The molecule has 0 radical (unpaired) electrons.